The minimum atomic E-state index is -1.44. The van der Waals surface area contributed by atoms with E-state index in [1.54, 1.807) is 0 Å². The number of carbonyl (C=O) groups excluding carboxylic acids is 1. The molecule has 1 saturated heterocycles. The van der Waals surface area contributed by atoms with Crippen LogP contribution in [-0.4, -0.2) is 59.4 Å². The van der Waals surface area contributed by atoms with Crippen LogP contribution in [0, 0.1) is 0 Å². The van der Waals surface area contributed by atoms with E-state index in [4.69, 9.17) is 4.74 Å². The van der Waals surface area contributed by atoms with E-state index >= 15 is 0 Å². The lowest BCUT2D eigenvalue weighted by Gasteiger charge is -2.37. The Kier molecular flexibility index (Phi) is 3.34. The predicted octanol–water partition coefficient (Wildman–Crippen LogP) is -2.36. The molecule has 0 spiro atoms. The summed E-state index contributed by atoms with van der Waals surface area (Å²) in [4.78, 5) is 10.4. The van der Waals surface area contributed by atoms with Crippen molar-refractivity contribution in [3.63, 3.8) is 0 Å². The zero-order chi connectivity index (χ0) is 10.0. The summed E-state index contributed by atoms with van der Waals surface area (Å²) in [7, 11) is 1.26. The SMILES string of the molecule is CO[C@@H]1OC(C=O)[C@@H](O)C(O)C1O. The van der Waals surface area contributed by atoms with Gasteiger partial charge in [0.15, 0.2) is 12.6 Å². The Morgan fingerprint density at radius 2 is 1.85 bits per heavy atom. The van der Waals surface area contributed by atoms with Crippen molar-refractivity contribution >= 4 is 6.29 Å². The van der Waals surface area contributed by atoms with Crippen LogP contribution in [0.4, 0.5) is 0 Å². The van der Waals surface area contributed by atoms with Gasteiger partial charge in [-0.1, -0.05) is 0 Å². The van der Waals surface area contributed by atoms with Gasteiger partial charge in [-0.05, 0) is 0 Å². The molecule has 1 aliphatic rings. The van der Waals surface area contributed by atoms with Crippen molar-refractivity contribution in [2.75, 3.05) is 7.11 Å². The molecular weight excluding hydrogens is 180 g/mol. The van der Waals surface area contributed by atoms with E-state index < -0.39 is 30.7 Å². The maximum absolute atomic E-state index is 10.4. The van der Waals surface area contributed by atoms with Crippen LogP contribution in [0.2, 0.25) is 0 Å². The van der Waals surface area contributed by atoms with Crippen molar-refractivity contribution in [2.45, 2.75) is 30.7 Å². The van der Waals surface area contributed by atoms with Crippen molar-refractivity contribution < 1.29 is 29.6 Å². The second kappa shape index (κ2) is 4.12. The first-order chi connectivity index (χ1) is 6.11. The fourth-order valence-electron chi connectivity index (χ4n) is 1.18. The molecule has 0 aromatic carbocycles. The van der Waals surface area contributed by atoms with Gasteiger partial charge in [0.05, 0.1) is 0 Å². The molecule has 0 bridgehead atoms. The highest BCUT2D eigenvalue weighted by Crippen LogP contribution is 2.20. The maximum atomic E-state index is 10.4. The van der Waals surface area contributed by atoms with E-state index in [2.05, 4.69) is 4.74 Å². The Morgan fingerprint density at radius 3 is 2.31 bits per heavy atom. The molecule has 3 unspecified atom stereocenters. The Balaban J connectivity index is 2.71. The summed E-state index contributed by atoms with van der Waals surface area (Å²) in [5.74, 6) is 0. The molecule has 3 N–H and O–H groups in total. The molecule has 1 aliphatic heterocycles. The van der Waals surface area contributed by atoms with Crippen LogP contribution in [0.3, 0.4) is 0 Å². The van der Waals surface area contributed by atoms with Crippen molar-refractivity contribution in [1.82, 2.24) is 0 Å². The monoisotopic (exact) mass is 192 g/mol. The molecule has 76 valence electrons. The predicted molar refractivity (Wildman–Crippen MR) is 39.8 cm³/mol. The number of aldehydes is 1. The van der Waals surface area contributed by atoms with Gasteiger partial charge in [-0.25, -0.2) is 0 Å². The molecule has 1 heterocycles. The Morgan fingerprint density at radius 1 is 1.23 bits per heavy atom. The molecule has 13 heavy (non-hydrogen) atoms. The molecule has 6 nitrogen and oxygen atoms in total. The third-order valence-electron chi connectivity index (χ3n) is 1.97. The summed E-state index contributed by atoms with van der Waals surface area (Å²) in [5, 5.41) is 27.7. The van der Waals surface area contributed by atoms with Crippen LogP contribution in [0.5, 0.6) is 0 Å². The van der Waals surface area contributed by atoms with Gasteiger partial charge in [0.1, 0.15) is 24.4 Å². The highest BCUT2D eigenvalue weighted by atomic mass is 16.7. The van der Waals surface area contributed by atoms with E-state index in [1.165, 1.54) is 7.11 Å². The van der Waals surface area contributed by atoms with Gasteiger partial charge in [-0.2, -0.15) is 0 Å². The van der Waals surface area contributed by atoms with Crippen LogP contribution in [0.25, 0.3) is 0 Å². The van der Waals surface area contributed by atoms with Gasteiger partial charge >= 0.3 is 0 Å². The van der Waals surface area contributed by atoms with Crippen molar-refractivity contribution in [3.05, 3.63) is 0 Å². The smallest absolute Gasteiger partial charge is 0.186 e. The van der Waals surface area contributed by atoms with Crippen LogP contribution in [0.15, 0.2) is 0 Å². The highest BCUT2D eigenvalue weighted by Gasteiger charge is 2.43. The number of ether oxygens (including phenoxy) is 2. The van der Waals surface area contributed by atoms with Crippen molar-refractivity contribution in [1.29, 1.82) is 0 Å². The van der Waals surface area contributed by atoms with E-state index in [-0.39, 0.29) is 0 Å². The number of carbonyl (C=O) groups is 1. The summed E-state index contributed by atoms with van der Waals surface area (Å²) >= 11 is 0. The normalized spacial score (nSPS) is 46.0. The number of hydrogen-bond acceptors (Lipinski definition) is 6. The molecule has 1 rings (SSSR count). The van der Waals surface area contributed by atoms with E-state index in [1.807, 2.05) is 0 Å². The summed E-state index contributed by atoms with van der Waals surface area (Å²) in [6.07, 6.45) is -6.10. The zero-order valence-corrected chi connectivity index (χ0v) is 7.03. The fraction of sp³-hybridized carbons (Fsp3) is 0.857. The van der Waals surface area contributed by atoms with Crippen molar-refractivity contribution in [2.24, 2.45) is 0 Å². The quantitative estimate of drug-likeness (QED) is 0.423. The molecule has 0 aromatic heterocycles. The molecule has 0 radical (unpaired) electrons. The maximum Gasteiger partial charge on any atom is 0.186 e. The van der Waals surface area contributed by atoms with Gasteiger partial charge in [-0.15, -0.1) is 0 Å². The largest absolute Gasteiger partial charge is 0.387 e. The summed E-state index contributed by atoms with van der Waals surface area (Å²) < 4.78 is 9.48. The fourth-order valence-corrected chi connectivity index (χ4v) is 1.18. The first-order valence-electron chi connectivity index (χ1n) is 3.79. The average molecular weight is 192 g/mol. The minimum Gasteiger partial charge on any atom is -0.387 e. The van der Waals surface area contributed by atoms with Gasteiger partial charge in [0.25, 0.3) is 0 Å². The lowest BCUT2D eigenvalue weighted by atomic mass is 10.00. The Labute approximate surface area is 74.7 Å². The lowest BCUT2D eigenvalue weighted by molar-refractivity contribution is -0.280. The van der Waals surface area contributed by atoms with Crippen LogP contribution in [0.1, 0.15) is 0 Å². The van der Waals surface area contributed by atoms with Crippen LogP contribution < -0.4 is 0 Å². The van der Waals surface area contributed by atoms with Gasteiger partial charge in [0.2, 0.25) is 0 Å². The molecule has 5 atom stereocenters. The number of methoxy groups -OCH3 is 1. The number of aliphatic hydroxyl groups is 3. The average Bonchev–Trinajstić information content (AvgIpc) is 2.15. The number of rotatable bonds is 2. The topological polar surface area (TPSA) is 96.2 Å². The van der Waals surface area contributed by atoms with Gasteiger partial charge < -0.3 is 29.6 Å². The third kappa shape index (κ3) is 1.87. The van der Waals surface area contributed by atoms with Crippen LogP contribution >= 0.6 is 0 Å². The van der Waals surface area contributed by atoms with E-state index in [9.17, 15) is 20.1 Å². The number of hydrogen-bond donors (Lipinski definition) is 3. The summed E-state index contributed by atoms with van der Waals surface area (Å²) in [6, 6.07) is 0. The van der Waals surface area contributed by atoms with Gasteiger partial charge in [0, 0.05) is 7.11 Å². The molecule has 0 aliphatic carbocycles. The van der Waals surface area contributed by atoms with Crippen LogP contribution in [-0.2, 0) is 14.3 Å². The lowest BCUT2D eigenvalue weighted by Crippen LogP contribution is -2.58. The van der Waals surface area contributed by atoms with Crippen molar-refractivity contribution in [3.8, 4) is 0 Å². The summed E-state index contributed by atoms with van der Waals surface area (Å²) in [5.41, 5.74) is 0. The second-order valence-corrected chi connectivity index (χ2v) is 2.81. The van der Waals surface area contributed by atoms with Gasteiger partial charge in [-0.3, -0.25) is 0 Å². The molecule has 0 aromatic rings. The third-order valence-corrected chi connectivity index (χ3v) is 1.97. The Bertz CT molecular complexity index is 182. The standard InChI is InChI=1S/C7H12O6/c1-12-7-6(11)5(10)4(9)3(2-8)13-7/h2-7,9-11H,1H3/t3?,4-,5?,6?,7-/m1/s1. The second-order valence-electron chi connectivity index (χ2n) is 2.81. The highest BCUT2D eigenvalue weighted by molar-refractivity contribution is 5.57. The Hall–Kier alpha value is -0.530. The number of aliphatic hydroxyl groups excluding tert-OH is 3. The first-order valence-corrected chi connectivity index (χ1v) is 3.79. The summed E-state index contributed by atoms with van der Waals surface area (Å²) in [6.45, 7) is 0. The molecule has 6 heteroatoms. The zero-order valence-electron chi connectivity index (χ0n) is 7.03. The minimum absolute atomic E-state index is 0.353. The molecule has 0 saturated carbocycles. The molecule has 1 fully saturated rings. The van der Waals surface area contributed by atoms with E-state index in [0.29, 0.717) is 6.29 Å². The first kappa shape index (κ1) is 10.6. The van der Waals surface area contributed by atoms with E-state index in [0.717, 1.165) is 0 Å². The molecular formula is C7H12O6. The molecule has 0 amide bonds.